The zero-order valence-corrected chi connectivity index (χ0v) is 13.0. The molecule has 2 rings (SSSR count). The zero-order valence-electron chi connectivity index (χ0n) is 13.0. The highest BCUT2D eigenvalue weighted by molar-refractivity contribution is 6.03. The van der Waals surface area contributed by atoms with Crippen molar-refractivity contribution in [2.45, 2.75) is 20.0 Å². The Kier molecular flexibility index (Phi) is 5.15. The molecule has 4 N–H and O–H groups in total. The van der Waals surface area contributed by atoms with Crippen LogP contribution >= 0.6 is 0 Å². The number of aryl methyl sites for hydroxylation is 1. The van der Waals surface area contributed by atoms with Gasteiger partial charge in [-0.3, -0.25) is 10.1 Å². The van der Waals surface area contributed by atoms with Gasteiger partial charge in [0.15, 0.2) is 6.10 Å². The summed E-state index contributed by atoms with van der Waals surface area (Å²) in [6.07, 6.45) is -1.22. The van der Waals surface area contributed by atoms with E-state index in [0.29, 0.717) is 5.69 Å². The molecule has 0 saturated heterocycles. The molecule has 0 fully saturated rings. The standard InChI is InChI=1S/C15H16N4O5/c1-8-11(12(16)24-19-8)14(21)23-9(2)13(20)18-15(22)17-10-6-4-3-5-7-10/h3-7,9H,16H2,1-2H3,(H2,17,18,20,22)/t9-/m0/s1. The summed E-state index contributed by atoms with van der Waals surface area (Å²) in [4.78, 5) is 35.6. The molecule has 0 aliphatic rings. The first kappa shape index (κ1) is 17.0. The fourth-order valence-electron chi connectivity index (χ4n) is 1.81. The summed E-state index contributed by atoms with van der Waals surface area (Å²) in [7, 11) is 0. The highest BCUT2D eigenvalue weighted by Crippen LogP contribution is 2.17. The number of amides is 3. The smallest absolute Gasteiger partial charge is 0.346 e. The number of benzene rings is 1. The molecular weight excluding hydrogens is 316 g/mol. The van der Waals surface area contributed by atoms with E-state index in [2.05, 4.69) is 20.3 Å². The fraction of sp³-hybridized carbons (Fsp3) is 0.200. The number of imide groups is 1. The van der Waals surface area contributed by atoms with Crippen molar-refractivity contribution < 1.29 is 23.6 Å². The van der Waals surface area contributed by atoms with E-state index in [1.807, 2.05) is 0 Å². The lowest BCUT2D eigenvalue weighted by atomic mass is 10.2. The number of anilines is 2. The molecule has 1 atom stereocenters. The Morgan fingerprint density at radius 2 is 1.92 bits per heavy atom. The molecule has 0 aliphatic carbocycles. The number of ether oxygens (including phenoxy) is 1. The highest BCUT2D eigenvalue weighted by atomic mass is 16.5. The molecule has 0 radical (unpaired) electrons. The van der Waals surface area contributed by atoms with Crippen LogP contribution in [0.2, 0.25) is 0 Å². The summed E-state index contributed by atoms with van der Waals surface area (Å²) in [6, 6.07) is 7.82. The number of carbonyl (C=O) groups excluding carboxylic acids is 3. The Hall–Kier alpha value is -3.36. The van der Waals surface area contributed by atoms with Gasteiger partial charge in [-0.1, -0.05) is 23.4 Å². The Morgan fingerprint density at radius 1 is 1.25 bits per heavy atom. The normalized spacial score (nSPS) is 11.4. The van der Waals surface area contributed by atoms with Gasteiger partial charge in [-0.15, -0.1) is 0 Å². The lowest BCUT2D eigenvalue weighted by molar-refractivity contribution is -0.127. The Labute approximate surface area is 137 Å². The summed E-state index contributed by atoms with van der Waals surface area (Å²) in [5.74, 6) is -1.85. The first-order chi connectivity index (χ1) is 11.4. The number of para-hydroxylation sites is 1. The number of nitrogens with two attached hydrogens (primary N) is 1. The van der Waals surface area contributed by atoms with Gasteiger partial charge in [0.1, 0.15) is 5.56 Å². The molecule has 0 bridgehead atoms. The molecule has 0 spiro atoms. The molecular formula is C15H16N4O5. The van der Waals surface area contributed by atoms with Crippen LogP contribution in [-0.4, -0.2) is 29.2 Å². The number of nitrogens with one attached hydrogen (secondary N) is 2. The van der Waals surface area contributed by atoms with Crippen molar-refractivity contribution in [1.29, 1.82) is 0 Å². The molecule has 0 aliphatic heterocycles. The van der Waals surface area contributed by atoms with E-state index < -0.39 is 24.0 Å². The minimum Gasteiger partial charge on any atom is -0.449 e. The minimum atomic E-state index is -1.22. The second-order valence-corrected chi connectivity index (χ2v) is 4.86. The van der Waals surface area contributed by atoms with Gasteiger partial charge in [-0.25, -0.2) is 9.59 Å². The first-order valence-electron chi connectivity index (χ1n) is 6.98. The number of carbonyl (C=O) groups is 3. The number of aromatic nitrogens is 1. The number of hydrogen-bond acceptors (Lipinski definition) is 7. The number of rotatable bonds is 4. The van der Waals surface area contributed by atoms with Crippen molar-refractivity contribution in [3.05, 3.63) is 41.6 Å². The number of esters is 1. The van der Waals surface area contributed by atoms with Gasteiger partial charge in [0.05, 0.1) is 5.69 Å². The summed E-state index contributed by atoms with van der Waals surface area (Å²) in [5, 5.41) is 8.06. The minimum absolute atomic E-state index is 0.0524. The maximum Gasteiger partial charge on any atom is 0.346 e. The number of hydrogen-bond donors (Lipinski definition) is 3. The second-order valence-electron chi connectivity index (χ2n) is 4.86. The van der Waals surface area contributed by atoms with Gasteiger partial charge in [-0.05, 0) is 26.0 Å². The summed E-state index contributed by atoms with van der Waals surface area (Å²) < 4.78 is 9.61. The van der Waals surface area contributed by atoms with Crippen LogP contribution in [0.3, 0.4) is 0 Å². The predicted octanol–water partition coefficient (Wildman–Crippen LogP) is 1.46. The van der Waals surface area contributed by atoms with Gasteiger partial charge < -0.3 is 20.3 Å². The third-order valence-electron chi connectivity index (χ3n) is 3.01. The molecule has 2 aromatic rings. The van der Waals surface area contributed by atoms with Crippen molar-refractivity contribution in [3.63, 3.8) is 0 Å². The van der Waals surface area contributed by atoms with E-state index in [0.717, 1.165) is 0 Å². The van der Waals surface area contributed by atoms with E-state index in [-0.39, 0.29) is 17.1 Å². The van der Waals surface area contributed by atoms with E-state index in [1.165, 1.54) is 13.8 Å². The molecule has 9 nitrogen and oxygen atoms in total. The molecule has 1 heterocycles. The van der Waals surface area contributed by atoms with Crippen LogP contribution in [-0.2, 0) is 9.53 Å². The average Bonchev–Trinajstić information content (AvgIpc) is 2.86. The van der Waals surface area contributed by atoms with Crippen LogP contribution in [0, 0.1) is 6.92 Å². The van der Waals surface area contributed by atoms with E-state index in [9.17, 15) is 14.4 Å². The molecule has 24 heavy (non-hydrogen) atoms. The van der Waals surface area contributed by atoms with Crippen LogP contribution < -0.4 is 16.4 Å². The number of nitrogen functional groups attached to an aromatic ring is 1. The van der Waals surface area contributed by atoms with E-state index in [4.69, 9.17) is 10.5 Å². The predicted molar refractivity (Wildman–Crippen MR) is 84.1 cm³/mol. The molecule has 9 heteroatoms. The monoisotopic (exact) mass is 332 g/mol. The maximum atomic E-state index is 12.0. The van der Waals surface area contributed by atoms with Crippen molar-refractivity contribution in [3.8, 4) is 0 Å². The molecule has 0 saturated carbocycles. The van der Waals surface area contributed by atoms with Gasteiger partial charge in [-0.2, -0.15) is 0 Å². The van der Waals surface area contributed by atoms with E-state index in [1.54, 1.807) is 30.3 Å². The highest BCUT2D eigenvalue weighted by Gasteiger charge is 2.25. The number of nitrogens with zero attached hydrogens (tertiary/aromatic N) is 1. The van der Waals surface area contributed by atoms with Crippen molar-refractivity contribution in [2.75, 3.05) is 11.1 Å². The van der Waals surface area contributed by atoms with Crippen molar-refractivity contribution >= 4 is 29.5 Å². The summed E-state index contributed by atoms with van der Waals surface area (Å²) in [5.41, 5.74) is 6.17. The molecule has 0 unspecified atom stereocenters. The Morgan fingerprint density at radius 3 is 2.50 bits per heavy atom. The first-order valence-corrected chi connectivity index (χ1v) is 6.98. The fourth-order valence-corrected chi connectivity index (χ4v) is 1.81. The van der Waals surface area contributed by atoms with Crippen LogP contribution in [0.5, 0.6) is 0 Å². The third-order valence-corrected chi connectivity index (χ3v) is 3.01. The van der Waals surface area contributed by atoms with Gasteiger partial charge in [0, 0.05) is 5.69 Å². The van der Waals surface area contributed by atoms with Crippen LogP contribution in [0.25, 0.3) is 0 Å². The van der Waals surface area contributed by atoms with Crippen LogP contribution in [0.15, 0.2) is 34.9 Å². The van der Waals surface area contributed by atoms with Gasteiger partial charge in [0.25, 0.3) is 5.91 Å². The largest absolute Gasteiger partial charge is 0.449 e. The topological polar surface area (TPSA) is 137 Å². The van der Waals surface area contributed by atoms with Crippen molar-refractivity contribution in [2.24, 2.45) is 0 Å². The van der Waals surface area contributed by atoms with Crippen LogP contribution in [0.1, 0.15) is 23.0 Å². The summed E-state index contributed by atoms with van der Waals surface area (Å²) in [6.45, 7) is 2.83. The van der Waals surface area contributed by atoms with Crippen LogP contribution in [0.4, 0.5) is 16.4 Å². The SMILES string of the molecule is Cc1noc(N)c1C(=O)O[C@@H](C)C(=O)NC(=O)Nc1ccccc1. The summed E-state index contributed by atoms with van der Waals surface area (Å²) >= 11 is 0. The molecule has 126 valence electrons. The quantitative estimate of drug-likeness (QED) is 0.721. The van der Waals surface area contributed by atoms with Gasteiger partial charge >= 0.3 is 12.0 Å². The van der Waals surface area contributed by atoms with Gasteiger partial charge in [0.2, 0.25) is 5.88 Å². The Balaban J connectivity index is 1.90. The lowest BCUT2D eigenvalue weighted by Crippen LogP contribution is -2.41. The zero-order chi connectivity index (χ0) is 17.7. The number of urea groups is 1. The second kappa shape index (κ2) is 7.27. The third kappa shape index (κ3) is 4.09. The van der Waals surface area contributed by atoms with Crippen molar-refractivity contribution in [1.82, 2.24) is 10.5 Å². The van der Waals surface area contributed by atoms with E-state index >= 15 is 0 Å². The average molecular weight is 332 g/mol. The maximum absolute atomic E-state index is 12.0. The molecule has 1 aromatic heterocycles. The lowest BCUT2D eigenvalue weighted by Gasteiger charge is -2.13. The molecule has 3 amide bonds. The molecule has 1 aromatic carbocycles. The Bertz CT molecular complexity index is 737.